The van der Waals surface area contributed by atoms with Crippen molar-refractivity contribution in [1.82, 2.24) is 5.32 Å². The smallest absolute Gasteiger partial charge is 0.223 e. The average molecular weight is 223 g/mol. The second-order valence-corrected chi connectivity index (χ2v) is 5.18. The first-order valence-electron chi connectivity index (χ1n) is 6.58. The Morgan fingerprint density at radius 1 is 1.06 bits per heavy atom. The van der Waals surface area contributed by atoms with Crippen LogP contribution in [0.15, 0.2) is 0 Å². The molecule has 2 saturated carbocycles. The van der Waals surface area contributed by atoms with Gasteiger partial charge in [-0.2, -0.15) is 0 Å². The number of carbonyl (C=O) groups is 2. The molecule has 1 unspecified atom stereocenters. The molecule has 1 atom stereocenters. The van der Waals surface area contributed by atoms with Gasteiger partial charge in [0.1, 0.15) is 5.78 Å². The SMILES string of the molecule is O=C1CCCC(NC(=O)C2CCCCC2)C1. The number of amides is 1. The largest absolute Gasteiger partial charge is 0.353 e. The van der Waals surface area contributed by atoms with E-state index in [1.807, 2.05) is 0 Å². The van der Waals surface area contributed by atoms with Crippen LogP contribution in [0.3, 0.4) is 0 Å². The topological polar surface area (TPSA) is 46.2 Å². The average Bonchev–Trinajstić information content (AvgIpc) is 2.30. The maximum absolute atomic E-state index is 12.0. The van der Waals surface area contributed by atoms with E-state index in [4.69, 9.17) is 0 Å². The predicted molar refractivity (Wildman–Crippen MR) is 62.0 cm³/mol. The first-order chi connectivity index (χ1) is 7.75. The van der Waals surface area contributed by atoms with Gasteiger partial charge in [-0.05, 0) is 25.7 Å². The Morgan fingerprint density at radius 3 is 2.50 bits per heavy atom. The minimum atomic E-state index is 0.121. The van der Waals surface area contributed by atoms with Crippen molar-refractivity contribution >= 4 is 11.7 Å². The normalized spacial score (nSPS) is 27.8. The first kappa shape index (κ1) is 11.6. The number of ketones is 1. The highest BCUT2D eigenvalue weighted by Gasteiger charge is 2.25. The molecule has 1 amide bonds. The van der Waals surface area contributed by atoms with Gasteiger partial charge in [0.25, 0.3) is 0 Å². The molecular formula is C13H21NO2. The van der Waals surface area contributed by atoms with Crippen molar-refractivity contribution in [2.24, 2.45) is 5.92 Å². The summed E-state index contributed by atoms with van der Waals surface area (Å²) < 4.78 is 0. The Hall–Kier alpha value is -0.860. The Bertz CT molecular complexity index is 269. The molecule has 2 fully saturated rings. The number of nitrogens with one attached hydrogen (secondary N) is 1. The quantitative estimate of drug-likeness (QED) is 0.780. The molecule has 0 heterocycles. The Kier molecular flexibility index (Phi) is 3.97. The van der Waals surface area contributed by atoms with Gasteiger partial charge in [-0.3, -0.25) is 9.59 Å². The fraction of sp³-hybridized carbons (Fsp3) is 0.846. The molecule has 2 aliphatic carbocycles. The van der Waals surface area contributed by atoms with Crippen LogP contribution >= 0.6 is 0 Å². The third-order valence-corrected chi connectivity index (χ3v) is 3.80. The number of hydrogen-bond acceptors (Lipinski definition) is 2. The van der Waals surface area contributed by atoms with Gasteiger partial charge < -0.3 is 5.32 Å². The van der Waals surface area contributed by atoms with Gasteiger partial charge in [-0.1, -0.05) is 19.3 Å². The van der Waals surface area contributed by atoms with Crippen molar-refractivity contribution in [2.45, 2.75) is 63.8 Å². The van der Waals surface area contributed by atoms with Gasteiger partial charge in [-0.15, -0.1) is 0 Å². The molecule has 0 aromatic rings. The van der Waals surface area contributed by atoms with Crippen molar-refractivity contribution in [1.29, 1.82) is 0 Å². The Morgan fingerprint density at radius 2 is 1.81 bits per heavy atom. The van der Waals surface area contributed by atoms with Crippen molar-refractivity contribution in [2.75, 3.05) is 0 Å². The lowest BCUT2D eigenvalue weighted by Crippen LogP contribution is -2.42. The van der Waals surface area contributed by atoms with Crippen molar-refractivity contribution in [3.63, 3.8) is 0 Å². The van der Waals surface area contributed by atoms with E-state index in [0.717, 1.165) is 25.7 Å². The minimum Gasteiger partial charge on any atom is -0.353 e. The summed E-state index contributed by atoms with van der Waals surface area (Å²) in [5.74, 6) is 0.713. The Labute approximate surface area is 97.0 Å². The van der Waals surface area contributed by atoms with Crippen LogP contribution in [0.1, 0.15) is 57.8 Å². The van der Waals surface area contributed by atoms with Crippen LogP contribution in [0.2, 0.25) is 0 Å². The van der Waals surface area contributed by atoms with Crippen LogP contribution in [0.25, 0.3) is 0 Å². The van der Waals surface area contributed by atoms with Crippen LogP contribution in [-0.2, 0) is 9.59 Å². The highest BCUT2D eigenvalue weighted by Crippen LogP contribution is 2.24. The predicted octanol–water partition coefficient (Wildman–Crippen LogP) is 2.19. The Balaban J connectivity index is 1.79. The van der Waals surface area contributed by atoms with E-state index < -0.39 is 0 Å². The van der Waals surface area contributed by atoms with Crippen LogP contribution in [0, 0.1) is 5.92 Å². The van der Waals surface area contributed by atoms with Crippen LogP contribution in [0.4, 0.5) is 0 Å². The highest BCUT2D eigenvalue weighted by molar-refractivity contribution is 5.82. The van der Waals surface area contributed by atoms with Gasteiger partial charge >= 0.3 is 0 Å². The second-order valence-electron chi connectivity index (χ2n) is 5.18. The zero-order chi connectivity index (χ0) is 11.4. The summed E-state index contributed by atoms with van der Waals surface area (Å²) in [5.41, 5.74) is 0. The van der Waals surface area contributed by atoms with E-state index in [1.54, 1.807) is 0 Å². The van der Waals surface area contributed by atoms with Gasteiger partial charge in [-0.25, -0.2) is 0 Å². The molecule has 0 spiro atoms. The van der Waals surface area contributed by atoms with E-state index in [-0.39, 0.29) is 17.9 Å². The maximum Gasteiger partial charge on any atom is 0.223 e. The molecular weight excluding hydrogens is 202 g/mol. The van der Waals surface area contributed by atoms with Gasteiger partial charge in [0, 0.05) is 24.8 Å². The summed E-state index contributed by atoms with van der Waals surface area (Å²) in [6.45, 7) is 0. The van der Waals surface area contributed by atoms with Crippen molar-refractivity contribution < 1.29 is 9.59 Å². The van der Waals surface area contributed by atoms with E-state index in [2.05, 4.69) is 5.32 Å². The molecule has 16 heavy (non-hydrogen) atoms. The summed E-state index contributed by atoms with van der Waals surface area (Å²) >= 11 is 0. The van der Waals surface area contributed by atoms with Crippen LogP contribution in [-0.4, -0.2) is 17.7 Å². The molecule has 1 N–H and O–H groups in total. The molecule has 0 aromatic carbocycles. The zero-order valence-corrected chi connectivity index (χ0v) is 9.84. The summed E-state index contributed by atoms with van der Waals surface area (Å²) in [5, 5.41) is 3.06. The number of carbonyl (C=O) groups excluding carboxylic acids is 2. The lowest BCUT2D eigenvalue weighted by molar-refractivity contribution is -0.127. The summed E-state index contributed by atoms with van der Waals surface area (Å²) in [7, 11) is 0. The molecule has 90 valence electrons. The third-order valence-electron chi connectivity index (χ3n) is 3.80. The minimum absolute atomic E-state index is 0.121. The lowest BCUT2D eigenvalue weighted by atomic mass is 9.87. The summed E-state index contributed by atoms with van der Waals surface area (Å²) in [6.07, 6.45) is 8.88. The molecule has 0 radical (unpaired) electrons. The monoisotopic (exact) mass is 223 g/mol. The van der Waals surface area contributed by atoms with Gasteiger partial charge in [0.05, 0.1) is 0 Å². The zero-order valence-electron chi connectivity index (χ0n) is 9.84. The highest BCUT2D eigenvalue weighted by atomic mass is 16.2. The molecule has 0 saturated heterocycles. The van der Waals surface area contributed by atoms with E-state index in [1.165, 1.54) is 19.3 Å². The number of Topliss-reactive ketones (excluding diaryl/α,β-unsaturated/α-hetero) is 1. The van der Waals surface area contributed by atoms with E-state index >= 15 is 0 Å². The standard InChI is InChI=1S/C13H21NO2/c15-12-8-4-7-11(9-12)14-13(16)10-5-2-1-3-6-10/h10-11H,1-9H2,(H,14,16). The molecule has 2 aliphatic rings. The van der Waals surface area contributed by atoms with Crippen molar-refractivity contribution in [3.05, 3.63) is 0 Å². The molecule has 0 aliphatic heterocycles. The second kappa shape index (κ2) is 5.46. The summed E-state index contributed by atoms with van der Waals surface area (Å²) in [4.78, 5) is 23.2. The van der Waals surface area contributed by atoms with Gasteiger partial charge in [0.15, 0.2) is 0 Å². The van der Waals surface area contributed by atoms with Crippen LogP contribution in [0.5, 0.6) is 0 Å². The first-order valence-corrected chi connectivity index (χ1v) is 6.58. The fourth-order valence-corrected chi connectivity index (χ4v) is 2.83. The molecule has 0 aromatic heterocycles. The van der Waals surface area contributed by atoms with Gasteiger partial charge in [0.2, 0.25) is 5.91 Å². The molecule has 2 rings (SSSR count). The number of rotatable bonds is 2. The van der Waals surface area contributed by atoms with Crippen LogP contribution < -0.4 is 5.32 Å². The van der Waals surface area contributed by atoms with Crippen molar-refractivity contribution in [3.8, 4) is 0 Å². The number of hydrogen-bond donors (Lipinski definition) is 1. The molecule has 3 heteroatoms. The van der Waals surface area contributed by atoms with E-state index in [9.17, 15) is 9.59 Å². The third kappa shape index (κ3) is 3.06. The molecule has 3 nitrogen and oxygen atoms in total. The fourth-order valence-electron chi connectivity index (χ4n) is 2.83. The van der Waals surface area contributed by atoms with E-state index in [0.29, 0.717) is 18.6 Å². The molecule has 0 bridgehead atoms. The lowest BCUT2D eigenvalue weighted by Gasteiger charge is -2.26. The summed E-state index contributed by atoms with van der Waals surface area (Å²) in [6, 6.07) is 0.121. The maximum atomic E-state index is 12.0.